The van der Waals surface area contributed by atoms with Gasteiger partial charge in [0, 0.05) is 30.3 Å². The average molecular weight is 364 g/mol. The van der Waals surface area contributed by atoms with Crippen LogP contribution in [0.25, 0.3) is 10.9 Å². The molecule has 0 radical (unpaired) electrons. The topological polar surface area (TPSA) is 96.1 Å². The normalized spacial score (nSPS) is 15.6. The van der Waals surface area contributed by atoms with Gasteiger partial charge in [0.15, 0.2) is 5.69 Å². The first-order chi connectivity index (χ1) is 13.2. The van der Waals surface area contributed by atoms with E-state index in [4.69, 9.17) is 4.74 Å². The van der Waals surface area contributed by atoms with Crippen LogP contribution in [-0.4, -0.2) is 35.2 Å². The highest BCUT2D eigenvalue weighted by Crippen LogP contribution is 2.31. The maximum Gasteiger partial charge on any atom is 0.272 e. The number of ether oxygens (including phenoxy) is 1. The minimum Gasteiger partial charge on any atom is -0.493 e. The first kappa shape index (κ1) is 17.1. The first-order valence-corrected chi connectivity index (χ1v) is 8.95. The Labute approximate surface area is 156 Å². The van der Waals surface area contributed by atoms with Crippen molar-refractivity contribution in [1.82, 2.24) is 20.8 Å². The Morgan fingerprint density at radius 2 is 1.96 bits per heavy atom. The molecule has 1 aliphatic rings. The quantitative estimate of drug-likeness (QED) is 0.647. The summed E-state index contributed by atoms with van der Waals surface area (Å²) in [5, 5.41) is 13.4. The molecule has 0 saturated heterocycles. The van der Waals surface area contributed by atoms with E-state index in [1.807, 2.05) is 48.5 Å². The molecule has 1 atom stereocenters. The molecule has 27 heavy (non-hydrogen) atoms. The summed E-state index contributed by atoms with van der Waals surface area (Å²) in [5.74, 6) is 0.410. The maximum absolute atomic E-state index is 12.3. The summed E-state index contributed by atoms with van der Waals surface area (Å²) in [5.41, 5.74) is 2.13. The van der Waals surface area contributed by atoms with Crippen molar-refractivity contribution in [3.8, 4) is 5.75 Å². The monoisotopic (exact) mass is 364 g/mol. The van der Waals surface area contributed by atoms with E-state index in [1.165, 1.54) is 0 Å². The summed E-state index contributed by atoms with van der Waals surface area (Å²) < 4.78 is 5.61. The fraction of sp³-hybridized carbons (Fsp3) is 0.250. The molecule has 4 rings (SSSR count). The zero-order valence-electron chi connectivity index (χ0n) is 14.7. The summed E-state index contributed by atoms with van der Waals surface area (Å²) in [7, 11) is 0. The molecule has 3 N–H and O–H groups in total. The van der Waals surface area contributed by atoms with E-state index in [0.717, 1.165) is 28.6 Å². The number of nitrogens with zero attached hydrogens (tertiary/aromatic N) is 1. The van der Waals surface area contributed by atoms with Crippen molar-refractivity contribution >= 4 is 22.7 Å². The maximum atomic E-state index is 12.3. The minimum atomic E-state index is -0.295. The second-order valence-electron chi connectivity index (χ2n) is 6.42. The molecule has 0 spiro atoms. The summed E-state index contributed by atoms with van der Waals surface area (Å²) in [4.78, 5) is 24.6. The summed E-state index contributed by atoms with van der Waals surface area (Å²) in [6.45, 7) is 0.821. The Morgan fingerprint density at radius 1 is 1.15 bits per heavy atom. The predicted octanol–water partition coefficient (Wildman–Crippen LogP) is 2.32. The van der Waals surface area contributed by atoms with Crippen molar-refractivity contribution in [2.24, 2.45) is 0 Å². The molecule has 2 aromatic carbocycles. The van der Waals surface area contributed by atoms with E-state index in [2.05, 4.69) is 20.8 Å². The molecule has 1 aliphatic heterocycles. The molecule has 2 amide bonds. The lowest BCUT2D eigenvalue weighted by molar-refractivity contribution is -0.121. The van der Waals surface area contributed by atoms with Crippen molar-refractivity contribution in [2.45, 2.75) is 18.9 Å². The van der Waals surface area contributed by atoms with Crippen molar-refractivity contribution in [3.05, 3.63) is 59.8 Å². The number of nitrogens with one attached hydrogen (secondary N) is 3. The van der Waals surface area contributed by atoms with E-state index < -0.39 is 0 Å². The van der Waals surface area contributed by atoms with Crippen molar-refractivity contribution in [3.63, 3.8) is 0 Å². The number of para-hydroxylation sites is 2. The van der Waals surface area contributed by atoms with Crippen LogP contribution in [-0.2, 0) is 4.79 Å². The number of aromatic nitrogens is 2. The van der Waals surface area contributed by atoms with E-state index in [0.29, 0.717) is 12.3 Å². The summed E-state index contributed by atoms with van der Waals surface area (Å²) in [6.07, 6.45) is 0.933. The molecule has 3 aromatic rings. The molecule has 1 unspecified atom stereocenters. The van der Waals surface area contributed by atoms with Gasteiger partial charge in [-0.15, -0.1) is 0 Å². The molecular weight excluding hydrogens is 344 g/mol. The molecule has 1 aromatic heterocycles. The highest BCUT2D eigenvalue weighted by Gasteiger charge is 2.22. The number of fused-ring (bicyclic) bond motifs is 2. The van der Waals surface area contributed by atoms with Crippen LogP contribution in [0.2, 0.25) is 0 Å². The van der Waals surface area contributed by atoms with Gasteiger partial charge >= 0.3 is 0 Å². The van der Waals surface area contributed by atoms with Crippen molar-refractivity contribution < 1.29 is 14.3 Å². The Balaban J connectivity index is 1.31. The number of aromatic amines is 1. The molecule has 7 nitrogen and oxygen atoms in total. The zero-order chi connectivity index (χ0) is 18.6. The van der Waals surface area contributed by atoms with Crippen LogP contribution in [0, 0.1) is 0 Å². The summed E-state index contributed by atoms with van der Waals surface area (Å²) >= 11 is 0. The van der Waals surface area contributed by atoms with Crippen molar-refractivity contribution in [2.75, 3.05) is 13.2 Å². The number of hydrogen-bond acceptors (Lipinski definition) is 4. The Morgan fingerprint density at radius 3 is 2.89 bits per heavy atom. The lowest BCUT2D eigenvalue weighted by Gasteiger charge is -2.26. The van der Waals surface area contributed by atoms with Crippen LogP contribution in [0.5, 0.6) is 5.75 Å². The van der Waals surface area contributed by atoms with Gasteiger partial charge in [0.2, 0.25) is 5.91 Å². The van der Waals surface area contributed by atoms with Crippen LogP contribution in [0.1, 0.15) is 34.9 Å². The van der Waals surface area contributed by atoms with Gasteiger partial charge in [-0.3, -0.25) is 14.7 Å². The molecule has 0 bridgehead atoms. The minimum absolute atomic E-state index is 0.0616. The van der Waals surface area contributed by atoms with Gasteiger partial charge in [0.05, 0.1) is 18.2 Å². The SMILES string of the molecule is O=C(CCNC(=O)c1n[nH]c2ccccc12)NC1CCOc2ccccc21. The van der Waals surface area contributed by atoms with Gasteiger partial charge in [-0.05, 0) is 12.1 Å². The van der Waals surface area contributed by atoms with E-state index in [1.54, 1.807) is 0 Å². The van der Waals surface area contributed by atoms with E-state index in [9.17, 15) is 9.59 Å². The number of benzene rings is 2. The molecule has 0 fully saturated rings. The number of carbonyl (C=O) groups is 2. The lowest BCUT2D eigenvalue weighted by atomic mass is 10.0. The highest BCUT2D eigenvalue weighted by molar-refractivity contribution is 6.04. The van der Waals surface area contributed by atoms with Gasteiger partial charge in [-0.2, -0.15) is 5.10 Å². The molecule has 7 heteroatoms. The summed E-state index contributed by atoms with van der Waals surface area (Å²) in [6, 6.07) is 15.1. The van der Waals surface area contributed by atoms with E-state index in [-0.39, 0.29) is 30.8 Å². The van der Waals surface area contributed by atoms with Gasteiger partial charge in [0.1, 0.15) is 5.75 Å². The first-order valence-electron chi connectivity index (χ1n) is 8.95. The molecule has 2 heterocycles. The standard InChI is InChI=1S/C20H20N4O3/c25-18(22-15-10-12-27-17-8-4-2-5-13(15)17)9-11-21-20(26)19-14-6-1-3-7-16(14)23-24-19/h1-8,15H,9-12H2,(H,21,26)(H,22,25)(H,23,24). The lowest BCUT2D eigenvalue weighted by Crippen LogP contribution is -2.35. The highest BCUT2D eigenvalue weighted by atomic mass is 16.5. The second kappa shape index (κ2) is 7.49. The third-order valence-electron chi connectivity index (χ3n) is 4.62. The van der Waals surface area contributed by atoms with Crippen LogP contribution < -0.4 is 15.4 Å². The van der Waals surface area contributed by atoms with Crippen LogP contribution in [0.3, 0.4) is 0 Å². The van der Waals surface area contributed by atoms with Crippen molar-refractivity contribution in [1.29, 1.82) is 0 Å². The molecular formula is C20H20N4O3. The molecule has 138 valence electrons. The Kier molecular flexibility index (Phi) is 4.74. The van der Waals surface area contributed by atoms with Gasteiger partial charge in [0.25, 0.3) is 5.91 Å². The third-order valence-corrected chi connectivity index (χ3v) is 4.62. The Hall–Kier alpha value is -3.35. The molecule has 0 aliphatic carbocycles. The fourth-order valence-corrected chi connectivity index (χ4v) is 3.27. The Bertz CT molecular complexity index is 982. The molecule has 0 saturated carbocycles. The number of rotatable bonds is 5. The smallest absolute Gasteiger partial charge is 0.272 e. The van der Waals surface area contributed by atoms with Gasteiger partial charge in [-0.25, -0.2) is 0 Å². The zero-order valence-corrected chi connectivity index (χ0v) is 14.7. The average Bonchev–Trinajstić information content (AvgIpc) is 3.12. The largest absolute Gasteiger partial charge is 0.493 e. The number of hydrogen-bond donors (Lipinski definition) is 3. The predicted molar refractivity (Wildman–Crippen MR) is 100 cm³/mol. The van der Waals surface area contributed by atoms with Gasteiger partial charge in [-0.1, -0.05) is 36.4 Å². The van der Waals surface area contributed by atoms with E-state index >= 15 is 0 Å². The number of amides is 2. The van der Waals surface area contributed by atoms with Crippen LogP contribution in [0.15, 0.2) is 48.5 Å². The number of H-pyrrole nitrogens is 1. The van der Waals surface area contributed by atoms with Crippen LogP contribution >= 0.6 is 0 Å². The van der Waals surface area contributed by atoms with Gasteiger partial charge < -0.3 is 15.4 Å². The third kappa shape index (κ3) is 3.62. The number of carbonyl (C=O) groups excluding carboxylic acids is 2. The second-order valence-corrected chi connectivity index (χ2v) is 6.42. The van der Waals surface area contributed by atoms with Crippen LogP contribution in [0.4, 0.5) is 0 Å². The fourth-order valence-electron chi connectivity index (χ4n) is 3.27.